The Hall–Kier alpha value is -1.35. The fourth-order valence-electron chi connectivity index (χ4n) is 2.27. The fourth-order valence-corrected chi connectivity index (χ4v) is 2.27. The number of unbranched alkanes of at least 4 members (excludes halogenated alkanes) is 1. The molecule has 1 N–H and O–H groups in total. The summed E-state index contributed by atoms with van der Waals surface area (Å²) in [5.74, 6) is 0.130. The number of hydrogen-bond acceptors (Lipinski definition) is 2. The van der Waals surface area contributed by atoms with E-state index in [0.29, 0.717) is 6.42 Å². The molecule has 0 saturated carbocycles. The maximum atomic E-state index is 12.0. The van der Waals surface area contributed by atoms with Crippen LogP contribution in [0.25, 0.3) is 0 Å². The molecule has 1 aromatic carbocycles. The number of nitrogens with zero attached hydrogens (tertiary/aromatic N) is 1. The fraction of sp³-hybridized carbons (Fsp3) is 0.611. The van der Waals surface area contributed by atoms with Crippen molar-refractivity contribution in [3.05, 3.63) is 35.4 Å². The van der Waals surface area contributed by atoms with Crippen LogP contribution in [0.4, 0.5) is 0 Å². The zero-order valence-corrected chi connectivity index (χ0v) is 14.0. The van der Waals surface area contributed by atoms with Crippen LogP contribution in [-0.4, -0.2) is 30.9 Å². The number of aryl methyl sites for hydroxylation is 1. The molecular weight excluding hydrogens is 260 g/mol. The first-order valence-corrected chi connectivity index (χ1v) is 8.13. The van der Waals surface area contributed by atoms with Gasteiger partial charge in [-0.05, 0) is 44.5 Å². The third kappa shape index (κ3) is 6.76. The minimum absolute atomic E-state index is 0.0735. The number of carbonyl (C=O) groups is 1. The van der Waals surface area contributed by atoms with Gasteiger partial charge in [0, 0.05) is 13.0 Å². The van der Waals surface area contributed by atoms with Gasteiger partial charge in [0.15, 0.2) is 0 Å². The maximum absolute atomic E-state index is 12.0. The molecule has 21 heavy (non-hydrogen) atoms. The first kappa shape index (κ1) is 17.7. The standard InChI is InChI=1S/C18H30N2O/c1-5-7-13-20(4)14-12-18(21)19-15(3)17-10-8-16(6-2)9-11-17/h8-11,15H,5-7,12-14H2,1-4H3,(H,19,21). The topological polar surface area (TPSA) is 32.3 Å². The van der Waals surface area contributed by atoms with Gasteiger partial charge in [0.05, 0.1) is 6.04 Å². The van der Waals surface area contributed by atoms with E-state index in [1.54, 1.807) is 0 Å². The zero-order valence-electron chi connectivity index (χ0n) is 14.0. The van der Waals surface area contributed by atoms with Crippen LogP contribution in [-0.2, 0) is 11.2 Å². The van der Waals surface area contributed by atoms with Crippen molar-refractivity contribution in [1.82, 2.24) is 10.2 Å². The summed E-state index contributed by atoms with van der Waals surface area (Å²) in [7, 11) is 2.08. The van der Waals surface area contributed by atoms with Gasteiger partial charge < -0.3 is 10.2 Å². The first-order valence-electron chi connectivity index (χ1n) is 8.13. The molecule has 0 aliphatic rings. The lowest BCUT2D eigenvalue weighted by atomic mass is 10.0. The number of carbonyl (C=O) groups excluding carboxylic acids is 1. The van der Waals surface area contributed by atoms with Gasteiger partial charge in [0.2, 0.25) is 5.91 Å². The average molecular weight is 290 g/mol. The van der Waals surface area contributed by atoms with Gasteiger partial charge in [0.25, 0.3) is 0 Å². The van der Waals surface area contributed by atoms with E-state index in [9.17, 15) is 4.79 Å². The van der Waals surface area contributed by atoms with Crippen LogP contribution in [0.5, 0.6) is 0 Å². The van der Waals surface area contributed by atoms with E-state index in [-0.39, 0.29) is 11.9 Å². The molecule has 0 aliphatic heterocycles. The molecule has 118 valence electrons. The lowest BCUT2D eigenvalue weighted by Gasteiger charge is -2.18. The quantitative estimate of drug-likeness (QED) is 0.754. The van der Waals surface area contributed by atoms with Crippen molar-refractivity contribution in [1.29, 1.82) is 0 Å². The molecular formula is C18H30N2O. The molecule has 0 fully saturated rings. The zero-order chi connectivity index (χ0) is 15.7. The Labute approximate surface area is 129 Å². The van der Waals surface area contributed by atoms with Crippen LogP contribution in [0.3, 0.4) is 0 Å². The molecule has 0 heterocycles. The Morgan fingerprint density at radius 2 is 1.86 bits per heavy atom. The van der Waals surface area contributed by atoms with E-state index in [1.807, 2.05) is 6.92 Å². The van der Waals surface area contributed by atoms with Gasteiger partial charge >= 0.3 is 0 Å². The van der Waals surface area contributed by atoms with Gasteiger partial charge in [-0.3, -0.25) is 4.79 Å². The molecule has 0 aromatic heterocycles. The Morgan fingerprint density at radius 3 is 2.43 bits per heavy atom. The SMILES string of the molecule is CCCCN(C)CCC(=O)NC(C)c1ccc(CC)cc1. The minimum atomic E-state index is 0.0735. The van der Waals surface area contributed by atoms with Crippen LogP contribution in [0.2, 0.25) is 0 Å². The monoisotopic (exact) mass is 290 g/mol. The summed E-state index contributed by atoms with van der Waals surface area (Å²) in [5.41, 5.74) is 2.50. The normalized spacial score (nSPS) is 12.4. The summed E-state index contributed by atoms with van der Waals surface area (Å²) in [6, 6.07) is 8.56. The van der Waals surface area contributed by atoms with Crippen molar-refractivity contribution in [3.8, 4) is 0 Å². The van der Waals surface area contributed by atoms with E-state index in [4.69, 9.17) is 0 Å². The van der Waals surface area contributed by atoms with Crippen molar-refractivity contribution in [2.45, 2.75) is 52.5 Å². The predicted octanol–water partition coefficient (Wildman–Crippen LogP) is 3.55. The second-order valence-electron chi connectivity index (χ2n) is 5.79. The van der Waals surface area contributed by atoms with Gasteiger partial charge in [-0.1, -0.05) is 44.5 Å². The Balaban J connectivity index is 2.35. The highest BCUT2D eigenvalue weighted by Gasteiger charge is 2.10. The van der Waals surface area contributed by atoms with Crippen LogP contribution in [0.15, 0.2) is 24.3 Å². The molecule has 0 spiro atoms. The maximum Gasteiger partial charge on any atom is 0.221 e. The predicted molar refractivity (Wildman–Crippen MR) is 89.4 cm³/mol. The third-order valence-electron chi connectivity index (χ3n) is 3.88. The average Bonchev–Trinajstić information content (AvgIpc) is 2.50. The summed E-state index contributed by atoms with van der Waals surface area (Å²) >= 11 is 0. The molecule has 1 unspecified atom stereocenters. The van der Waals surface area contributed by atoms with Crippen LogP contribution in [0.1, 0.15) is 57.2 Å². The number of benzene rings is 1. The summed E-state index contributed by atoms with van der Waals surface area (Å²) in [4.78, 5) is 14.2. The van der Waals surface area contributed by atoms with Crippen LogP contribution >= 0.6 is 0 Å². The number of amides is 1. The molecule has 3 nitrogen and oxygen atoms in total. The molecule has 0 aliphatic carbocycles. The van der Waals surface area contributed by atoms with E-state index in [0.717, 1.165) is 19.5 Å². The highest BCUT2D eigenvalue weighted by Crippen LogP contribution is 2.13. The first-order chi connectivity index (χ1) is 10.1. The smallest absolute Gasteiger partial charge is 0.221 e. The summed E-state index contributed by atoms with van der Waals surface area (Å²) in [5, 5.41) is 3.08. The molecule has 1 atom stereocenters. The van der Waals surface area contributed by atoms with Gasteiger partial charge in [-0.15, -0.1) is 0 Å². The molecule has 0 saturated heterocycles. The summed E-state index contributed by atoms with van der Waals surface area (Å²) < 4.78 is 0. The van der Waals surface area contributed by atoms with Crippen molar-refractivity contribution in [2.24, 2.45) is 0 Å². The third-order valence-corrected chi connectivity index (χ3v) is 3.88. The molecule has 1 aromatic rings. The Bertz CT molecular complexity index is 414. The lowest BCUT2D eigenvalue weighted by Crippen LogP contribution is -2.31. The second-order valence-corrected chi connectivity index (χ2v) is 5.79. The Morgan fingerprint density at radius 1 is 1.19 bits per heavy atom. The summed E-state index contributed by atoms with van der Waals surface area (Å²) in [6.07, 6.45) is 4.00. The Kier molecular flexibility index (Phi) is 8.06. The van der Waals surface area contributed by atoms with Crippen molar-refractivity contribution in [3.63, 3.8) is 0 Å². The van der Waals surface area contributed by atoms with Crippen molar-refractivity contribution >= 4 is 5.91 Å². The van der Waals surface area contributed by atoms with Crippen molar-refractivity contribution in [2.75, 3.05) is 20.1 Å². The molecule has 0 radical (unpaired) electrons. The molecule has 3 heteroatoms. The van der Waals surface area contributed by atoms with E-state index < -0.39 is 0 Å². The largest absolute Gasteiger partial charge is 0.350 e. The van der Waals surface area contributed by atoms with Crippen LogP contribution < -0.4 is 5.32 Å². The van der Waals surface area contributed by atoms with Gasteiger partial charge in [-0.2, -0.15) is 0 Å². The molecule has 0 bridgehead atoms. The minimum Gasteiger partial charge on any atom is -0.350 e. The number of rotatable bonds is 9. The lowest BCUT2D eigenvalue weighted by molar-refractivity contribution is -0.122. The van der Waals surface area contributed by atoms with Gasteiger partial charge in [-0.25, -0.2) is 0 Å². The van der Waals surface area contributed by atoms with E-state index in [2.05, 4.69) is 55.4 Å². The highest BCUT2D eigenvalue weighted by molar-refractivity contribution is 5.76. The molecule has 1 amide bonds. The summed E-state index contributed by atoms with van der Waals surface area (Å²) in [6.45, 7) is 8.27. The van der Waals surface area contributed by atoms with Crippen LogP contribution in [0, 0.1) is 0 Å². The van der Waals surface area contributed by atoms with E-state index in [1.165, 1.54) is 24.0 Å². The highest BCUT2D eigenvalue weighted by atomic mass is 16.1. The molecule has 1 rings (SSSR count). The number of nitrogens with one attached hydrogen (secondary N) is 1. The van der Waals surface area contributed by atoms with E-state index >= 15 is 0 Å². The van der Waals surface area contributed by atoms with Crippen molar-refractivity contribution < 1.29 is 4.79 Å². The van der Waals surface area contributed by atoms with Gasteiger partial charge in [0.1, 0.15) is 0 Å². The number of hydrogen-bond donors (Lipinski definition) is 1. The second kappa shape index (κ2) is 9.56.